The highest BCUT2D eigenvalue weighted by Gasteiger charge is 2.26. The summed E-state index contributed by atoms with van der Waals surface area (Å²) in [6.45, 7) is 1.98. The Labute approximate surface area is 102 Å². The van der Waals surface area contributed by atoms with E-state index < -0.39 is 0 Å². The van der Waals surface area contributed by atoms with Crippen molar-refractivity contribution in [2.24, 2.45) is 5.92 Å². The van der Waals surface area contributed by atoms with E-state index in [0.29, 0.717) is 0 Å². The number of carbonyl (C=O) groups is 1. The fourth-order valence-corrected chi connectivity index (χ4v) is 2.18. The standard InChI is InChI=1S/C14H19NO2/c1-10(15-14(17)11-6-4-7-11)13-8-3-2-5-12(13)9-16/h2-3,5,8,10-11,16H,4,6-7,9H2,1H3,(H,15,17). The molecule has 0 spiro atoms. The molecule has 92 valence electrons. The highest BCUT2D eigenvalue weighted by Crippen LogP contribution is 2.27. The first kappa shape index (κ1) is 12.1. The molecule has 1 amide bonds. The van der Waals surface area contributed by atoms with E-state index in [4.69, 9.17) is 0 Å². The lowest BCUT2D eigenvalue weighted by Gasteiger charge is -2.26. The van der Waals surface area contributed by atoms with Gasteiger partial charge in [0, 0.05) is 5.92 Å². The van der Waals surface area contributed by atoms with E-state index in [9.17, 15) is 9.90 Å². The zero-order valence-corrected chi connectivity index (χ0v) is 10.1. The van der Waals surface area contributed by atoms with E-state index in [-0.39, 0.29) is 24.5 Å². The molecule has 0 aliphatic heterocycles. The molecular formula is C14H19NO2. The molecular weight excluding hydrogens is 214 g/mol. The summed E-state index contributed by atoms with van der Waals surface area (Å²) in [5.74, 6) is 0.357. The minimum atomic E-state index is -0.0357. The van der Waals surface area contributed by atoms with Crippen molar-refractivity contribution in [3.05, 3.63) is 35.4 Å². The minimum Gasteiger partial charge on any atom is -0.392 e. The van der Waals surface area contributed by atoms with Crippen molar-refractivity contribution in [1.29, 1.82) is 0 Å². The van der Waals surface area contributed by atoms with Gasteiger partial charge in [-0.3, -0.25) is 4.79 Å². The van der Waals surface area contributed by atoms with Crippen LogP contribution in [0.15, 0.2) is 24.3 Å². The Morgan fingerprint density at radius 1 is 1.47 bits per heavy atom. The van der Waals surface area contributed by atoms with Crippen LogP contribution in [-0.4, -0.2) is 11.0 Å². The molecule has 0 heterocycles. The molecule has 3 heteroatoms. The van der Waals surface area contributed by atoms with Gasteiger partial charge in [0.15, 0.2) is 0 Å². The maximum Gasteiger partial charge on any atom is 0.223 e. The number of rotatable bonds is 4. The molecule has 2 rings (SSSR count). The summed E-state index contributed by atoms with van der Waals surface area (Å²) in [7, 11) is 0. The van der Waals surface area contributed by atoms with E-state index in [2.05, 4.69) is 5.32 Å². The Bertz CT molecular complexity index is 399. The van der Waals surface area contributed by atoms with Crippen molar-refractivity contribution >= 4 is 5.91 Å². The van der Waals surface area contributed by atoms with Crippen molar-refractivity contribution in [2.75, 3.05) is 0 Å². The fraction of sp³-hybridized carbons (Fsp3) is 0.500. The number of aliphatic hydroxyl groups is 1. The third kappa shape index (κ3) is 2.67. The predicted octanol–water partition coefficient (Wildman–Crippen LogP) is 2.16. The lowest BCUT2D eigenvalue weighted by atomic mass is 9.84. The van der Waals surface area contributed by atoms with Gasteiger partial charge < -0.3 is 10.4 Å². The maximum atomic E-state index is 11.8. The van der Waals surface area contributed by atoms with Crippen LogP contribution in [0.4, 0.5) is 0 Å². The van der Waals surface area contributed by atoms with Gasteiger partial charge in [-0.25, -0.2) is 0 Å². The zero-order valence-electron chi connectivity index (χ0n) is 10.1. The van der Waals surface area contributed by atoms with Crippen LogP contribution in [0.3, 0.4) is 0 Å². The second-order valence-electron chi connectivity index (χ2n) is 4.72. The Morgan fingerprint density at radius 2 is 2.18 bits per heavy atom. The average Bonchev–Trinajstić information content (AvgIpc) is 2.26. The maximum absolute atomic E-state index is 11.8. The van der Waals surface area contributed by atoms with Gasteiger partial charge in [-0.1, -0.05) is 30.7 Å². The van der Waals surface area contributed by atoms with Crippen LogP contribution in [0.5, 0.6) is 0 Å². The summed E-state index contributed by atoms with van der Waals surface area (Å²) in [5, 5.41) is 12.3. The van der Waals surface area contributed by atoms with Crippen molar-refractivity contribution in [1.82, 2.24) is 5.32 Å². The summed E-state index contributed by atoms with van der Waals surface area (Å²) < 4.78 is 0. The number of benzene rings is 1. The second-order valence-corrected chi connectivity index (χ2v) is 4.72. The smallest absolute Gasteiger partial charge is 0.223 e. The first-order valence-electron chi connectivity index (χ1n) is 6.21. The van der Waals surface area contributed by atoms with E-state index in [0.717, 1.165) is 24.0 Å². The Hall–Kier alpha value is -1.35. The minimum absolute atomic E-state index is 0.0137. The van der Waals surface area contributed by atoms with E-state index in [1.807, 2.05) is 31.2 Å². The third-order valence-corrected chi connectivity index (χ3v) is 3.53. The van der Waals surface area contributed by atoms with Crippen LogP contribution in [0.2, 0.25) is 0 Å². The van der Waals surface area contributed by atoms with Crippen LogP contribution >= 0.6 is 0 Å². The van der Waals surface area contributed by atoms with E-state index >= 15 is 0 Å². The summed E-state index contributed by atoms with van der Waals surface area (Å²) in [6.07, 6.45) is 3.19. The van der Waals surface area contributed by atoms with Crippen LogP contribution in [0, 0.1) is 5.92 Å². The summed E-state index contributed by atoms with van der Waals surface area (Å²) >= 11 is 0. The highest BCUT2D eigenvalue weighted by molar-refractivity contribution is 5.79. The zero-order chi connectivity index (χ0) is 12.3. The Kier molecular flexibility index (Phi) is 3.79. The predicted molar refractivity (Wildman–Crippen MR) is 66.3 cm³/mol. The third-order valence-electron chi connectivity index (χ3n) is 3.53. The summed E-state index contributed by atoms with van der Waals surface area (Å²) in [6, 6.07) is 7.64. The molecule has 0 saturated heterocycles. The van der Waals surface area contributed by atoms with Crippen molar-refractivity contribution in [3.63, 3.8) is 0 Å². The molecule has 1 saturated carbocycles. The van der Waals surface area contributed by atoms with Gasteiger partial charge in [-0.15, -0.1) is 0 Å². The van der Waals surface area contributed by atoms with Gasteiger partial charge >= 0.3 is 0 Å². The number of aliphatic hydroxyl groups excluding tert-OH is 1. The normalized spacial score (nSPS) is 17.3. The Morgan fingerprint density at radius 3 is 2.76 bits per heavy atom. The van der Waals surface area contributed by atoms with Crippen LogP contribution in [0.25, 0.3) is 0 Å². The number of hydrogen-bond acceptors (Lipinski definition) is 2. The molecule has 1 unspecified atom stereocenters. The first-order valence-corrected chi connectivity index (χ1v) is 6.21. The van der Waals surface area contributed by atoms with Gasteiger partial charge in [0.2, 0.25) is 5.91 Å². The molecule has 0 radical (unpaired) electrons. The van der Waals surface area contributed by atoms with Gasteiger partial charge in [0.25, 0.3) is 0 Å². The number of amides is 1. The van der Waals surface area contributed by atoms with Gasteiger partial charge in [-0.05, 0) is 30.9 Å². The molecule has 1 aromatic carbocycles. The number of nitrogens with one attached hydrogen (secondary N) is 1. The summed E-state index contributed by atoms with van der Waals surface area (Å²) in [4.78, 5) is 11.8. The second kappa shape index (κ2) is 5.32. The molecule has 2 N–H and O–H groups in total. The van der Waals surface area contributed by atoms with Crippen molar-refractivity contribution < 1.29 is 9.90 Å². The number of hydrogen-bond donors (Lipinski definition) is 2. The van der Waals surface area contributed by atoms with E-state index in [1.54, 1.807) is 0 Å². The number of carbonyl (C=O) groups excluding carboxylic acids is 1. The van der Waals surface area contributed by atoms with Crippen molar-refractivity contribution in [2.45, 2.75) is 38.8 Å². The van der Waals surface area contributed by atoms with Crippen LogP contribution in [-0.2, 0) is 11.4 Å². The lowest BCUT2D eigenvalue weighted by Crippen LogP contribution is -2.36. The van der Waals surface area contributed by atoms with Gasteiger partial charge in [0.05, 0.1) is 12.6 Å². The molecule has 1 aromatic rings. The summed E-state index contributed by atoms with van der Waals surface area (Å²) in [5.41, 5.74) is 1.89. The quantitative estimate of drug-likeness (QED) is 0.837. The molecule has 1 aliphatic carbocycles. The van der Waals surface area contributed by atoms with Crippen molar-refractivity contribution in [3.8, 4) is 0 Å². The average molecular weight is 233 g/mol. The molecule has 0 bridgehead atoms. The SMILES string of the molecule is CC(NC(=O)C1CCC1)c1ccccc1CO. The molecule has 0 aromatic heterocycles. The highest BCUT2D eigenvalue weighted by atomic mass is 16.3. The molecule has 3 nitrogen and oxygen atoms in total. The Balaban J connectivity index is 2.03. The largest absolute Gasteiger partial charge is 0.392 e. The molecule has 1 aliphatic rings. The molecule has 1 atom stereocenters. The van der Waals surface area contributed by atoms with Crippen LogP contribution < -0.4 is 5.32 Å². The van der Waals surface area contributed by atoms with Crippen LogP contribution in [0.1, 0.15) is 43.4 Å². The van der Waals surface area contributed by atoms with Gasteiger partial charge in [-0.2, -0.15) is 0 Å². The fourth-order valence-electron chi connectivity index (χ4n) is 2.18. The van der Waals surface area contributed by atoms with E-state index in [1.165, 1.54) is 6.42 Å². The monoisotopic (exact) mass is 233 g/mol. The first-order chi connectivity index (χ1) is 8.22. The topological polar surface area (TPSA) is 49.3 Å². The molecule has 17 heavy (non-hydrogen) atoms. The lowest BCUT2D eigenvalue weighted by molar-refractivity contribution is -0.128. The molecule has 1 fully saturated rings. The van der Waals surface area contributed by atoms with Gasteiger partial charge in [0.1, 0.15) is 0 Å².